The molecule has 5 heteroatoms. The lowest BCUT2D eigenvalue weighted by molar-refractivity contribution is -0.139. The highest BCUT2D eigenvalue weighted by Crippen LogP contribution is 2.33. The van der Waals surface area contributed by atoms with Crippen molar-refractivity contribution in [1.29, 1.82) is 0 Å². The Hall–Kier alpha value is -2.04. The van der Waals surface area contributed by atoms with Crippen LogP contribution >= 0.6 is 0 Å². The molecule has 0 saturated heterocycles. The van der Waals surface area contributed by atoms with Gasteiger partial charge in [0, 0.05) is 6.42 Å². The molecular weight excluding hydrogens is 282 g/mol. The zero-order valence-electron chi connectivity index (χ0n) is 12.6. The molecular formula is C17H21NO4. The summed E-state index contributed by atoms with van der Waals surface area (Å²) < 4.78 is 5.46. The van der Waals surface area contributed by atoms with E-state index in [4.69, 9.17) is 9.84 Å². The van der Waals surface area contributed by atoms with Gasteiger partial charge in [0.05, 0.1) is 25.0 Å². The van der Waals surface area contributed by atoms with Crippen LogP contribution in [0.2, 0.25) is 0 Å². The van der Waals surface area contributed by atoms with Gasteiger partial charge in [0.1, 0.15) is 5.75 Å². The molecule has 0 unspecified atom stereocenters. The van der Waals surface area contributed by atoms with Crippen molar-refractivity contribution in [3.05, 3.63) is 29.3 Å². The van der Waals surface area contributed by atoms with Crippen LogP contribution in [0, 0.1) is 0 Å². The Morgan fingerprint density at radius 2 is 2.05 bits per heavy atom. The highest BCUT2D eigenvalue weighted by molar-refractivity contribution is 5.80. The number of hydrogen-bond acceptors (Lipinski definition) is 3. The van der Waals surface area contributed by atoms with Crippen molar-refractivity contribution in [3.63, 3.8) is 0 Å². The van der Waals surface area contributed by atoms with Gasteiger partial charge in [-0.1, -0.05) is 25.0 Å². The van der Waals surface area contributed by atoms with Crippen LogP contribution in [-0.4, -0.2) is 29.1 Å². The lowest BCUT2D eigenvalue weighted by Crippen LogP contribution is -2.48. The topological polar surface area (TPSA) is 75.6 Å². The number of nitrogens with one attached hydrogen (secondary N) is 1. The van der Waals surface area contributed by atoms with E-state index in [9.17, 15) is 9.59 Å². The number of aliphatic carboxylic acids is 1. The molecule has 2 N–H and O–H groups in total. The summed E-state index contributed by atoms with van der Waals surface area (Å²) in [5.74, 6) is -0.0406. The Balaban J connectivity index is 1.65. The SMILES string of the molecule is O=C(O)CC1(NC(=O)Cc2ccc3c(c2)CCO3)CCCC1. The fourth-order valence-electron chi connectivity index (χ4n) is 3.56. The van der Waals surface area contributed by atoms with E-state index in [-0.39, 0.29) is 18.7 Å². The molecule has 1 aromatic rings. The van der Waals surface area contributed by atoms with Gasteiger partial charge in [0.2, 0.25) is 5.91 Å². The molecule has 1 heterocycles. The van der Waals surface area contributed by atoms with Crippen LogP contribution in [0.15, 0.2) is 18.2 Å². The van der Waals surface area contributed by atoms with Gasteiger partial charge in [-0.3, -0.25) is 9.59 Å². The van der Waals surface area contributed by atoms with Crippen molar-refractivity contribution >= 4 is 11.9 Å². The van der Waals surface area contributed by atoms with Crippen LogP contribution in [0.5, 0.6) is 5.75 Å². The summed E-state index contributed by atoms with van der Waals surface area (Å²) in [5, 5.41) is 12.1. The lowest BCUT2D eigenvalue weighted by Gasteiger charge is -2.28. The quantitative estimate of drug-likeness (QED) is 0.873. The van der Waals surface area contributed by atoms with Gasteiger partial charge < -0.3 is 15.2 Å². The summed E-state index contributed by atoms with van der Waals surface area (Å²) in [6.45, 7) is 0.701. The molecule has 1 amide bonds. The highest BCUT2D eigenvalue weighted by Gasteiger charge is 2.37. The van der Waals surface area contributed by atoms with Gasteiger partial charge in [-0.15, -0.1) is 0 Å². The lowest BCUT2D eigenvalue weighted by atomic mass is 9.92. The number of carboxylic acids is 1. The predicted octanol–water partition coefficient (Wildman–Crippen LogP) is 2.07. The minimum absolute atomic E-state index is 0.0107. The largest absolute Gasteiger partial charge is 0.493 e. The normalized spacial score (nSPS) is 18.5. The van der Waals surface area contributed by atoms with Crippen molar-refractivity contribution < 1.29 is 19.4 Å². The number of rotatable bonds is 5. The molecule has 1 aliphatic carbocycles. The molecule has 0 radical (unpaired) electrons. The van der Waals surface area contributed by atoms with E-state index in [0.29, 0.717) is 6.61 Å². The molecule has 2 aliphatic rings. The molecule has 1 aromatic carbocycles. The Labute approximate surface area is 129 Å². The van der Waals surface area contributed by atoms with Crippen LogP contribution in [0.1, 0.15) is 43.2 Å². The van der Waals surface area contributed by atoms with Crippen molar-refractivity contribution in [2.75, 3.05) is 6.61 Å². The van der Waals surface area contributed by atoms with Crippen molar-refractivity contribution in [2.45, 2.75) is 50.5 Å². The summed E-state index contributed by atoms with van der Waals surface area (Å²) >= 11 is 0. The number of carboxylic acid groups (broad SMARTS) is 1. The van der Waals surface area contributed by atoms with Gasteiger partial charge in [-0.05, 0) is 30.0 Å². The summed E-state index contributed by atoms with van der Waals surface area (Å²) in [4.78, 5) is 23.4. The van der Waals surface area contributed by atoms with Crippen molar-refractivity contribution in [1.82, 2.24) is 5.32 Å². The van der Waals surface area contributed by atoms with Crippen LogP contribution < -0.4 is 10.1 Å². The molecule has 1 aliphatic heterocycles. The molecule has 5 nitrogen and oxygen atoms in total. The van der Waals surface area contributed by atoms with Gasteiger partial charge in [-0.2, -0.15) is 0 Å². The molecule has 3 rings (SSSR count). The number of carbonyl (C=O) groups is 2. The first-order chi connectivity index (χ1) is 10.6. The first-order valence-electron chi connectivity index (χ1n) is 7.84. The van der Waals surface area contributed by atoms with E-state index in [0.717, 1.165) is 49.0 Å². The smallest absolute Gasteiger partial charge is 0.305 e. The molecule has 0 spiro atoms. The number of fused-ring (bicyclic) bond motifs is 1. The van der Waals surface area contributed by atoms with Crippen LogP contribution in [-0.2, 0) is 22.4 Å². The van der Waals surface area contributed by atoms with E-state index in [1.165, 1.54) is 0 Å². The summed E-state index contributed by atoms with van der Waals surface area (Å²) in [6, 6.07) is 5.83. The van der Waals surface area contributed by atoms with Gasteiger partial charge in [0.15, 0.2) is 0 Å². The molecule has 1 saturated carbocycles. The van der Waals surface area contributed by atoms with E-state index in [2.05, 4.69) is 5.32 Å². The maximum absolute atomic E-state index is 12.3. The minimum atomic E-state index is -0.850. The number of carbonyl (C=O) groups excluding carboxylic acids is 1. The third-order valence-electron chi connectivity index (χ3n) is 4.57. The van der Waals surface area contributed by atoms with E-state index in [1.807, 2.05) is 18.2 Å². The maximum Gasteiger partial charge on any atom is 0.305 e. The zero-order valence-corrected chi connectivity index (χ0v) is 12.6. The molecule has 0 aromatic heterocycles. The van der Waals surface area contributed by atoms with Gasteiger partial charge in [-0.25, -0.2) is 0 Å². The minimum Gasteiger partial charge on any atom is -0.493 e. The maximum atomic E-state index is 12.3. The van der Waals surface area contributed by atoms with E-state index < -0.39 is 11.5 Å². The first kappa shape index (κ1) is 14.9. The number of ether oxygens (including phenoxy) is 1. The van der Waals surface area contributed by atoms with Gasteiger partial charge in [0.25, 0.3) is 0 Å². The monoisotopic (exact) mass is 303 g/mol. The predicted molar refractivity (Wildman–Crippen MR) is 80.9 cm³/mol. The fraction of sp³-hybridized carbons (Fsp3) is 0.529. The van der Waals surface area contributed by atoms with Gasteiger partial charge >= 0.3 is 5.97 Å². The molecule has 0 atom stereocenters. The second kappa shape index (κ2) is 5.99. The van der Waals surface area contributed by atoms with Crippen molar-refractivity contribution in [2.24, 2.45) is 0 Å². The Bertz CT molecular complexity index is 590. The van der Waals surface area contributed by atoms with Crippen LogP contribution in [0.3, 0.4) is 0 Å². The third-order valence-corrected chi connectivity index (χ3v) is 4.57. The fourth-order valence-corrected chi connectivity index (χ4v) is 3.56. The van der Waals surface area contributed by atoms with Crippen molar-refractivity contribution in [3.8, 4) is 5.75 Å². The standard InChI is InChI=1S/C17H21NO4/c19-15(18-17(11-16(20)21)6-1-2-7-17)10-12-3-4-14-13(9-12)5-8-22-14/h3-4,9H,1-2,5-8,10-11H2,(H,18,19)(H,20,21). The number of benzene rings is 1. The highest BCUT2D eigenvalue weighted by atomic mass is 16.5. The second-order valence-electron chi connectivity index (χ2n) is 6.32. The summed E-state index contributed by atoms with van der Waals surface area (Å²) in [6.07, 6.45) is 4.64. The Kier molecular flexibility index (Phi) is 4.05. The van der Waals surface area contributed by atoms with Crippen LogP contribution in [0.4, 0.5) is 0 Å². The average Bonchev–Trinajstić information content (AvgIpc) is 3.06. The van der Waals surface area contributed by atoms with Crippen LogP contribution in [0.25, 0.3) is 0 Å². The summed E-state index contributed by atoms with van der Waals surface area (Å²) in [5.41, 5.74) is 1.54. The van der Waals surface area contributed by atoms with E-state index in [1.54, 1.807) is 0 Å². The Morgan fingerprint density at radius 3 is 2.77 bits per heavy atom. The zero-order chi connectivity index (χ0) is 15.6. The molecule has 118 valence electrons. The average molecular weight is 303 g/mol. The first-order valence-corrected chi connectivity index (χ1v) is 7.84. The molecule has 1 fully saturated rings. The number of hydrogen-bond donors (Lipinski definition) is 2. The molecule has 22 heavy (non-hydrogen) atoms. The third kappa shape index (κ3) is 3.24. The summed E-state index contributed by atoms with van der Waals surface area (Å²) in [7, 11) is 0. The number of amides is 1. The Morgan fingerprint density at radius 1 is 1.27 bits per heavy atom. The molecule has 0 bridgehead atoms. The second-order valence-corrected chi connectivity index (χ2v) is 6.32. The van der Waals surface area contributed by atoms with E-state index >= 15 is 0 Å².